The number of hydrogen-bond donors (Lipinski definition) is 1. The average Bonchev–Trinajstić information content (AvgIpc) is 2.27. The molecule has 1 N–H and O–H groups in total. The van der Waals surface area contributed by atoms with E-state index in [-0.39, 0.29) is 5.54 Å². The molecule has 0 heterocycles. The van der Waals surface area contributed by atoms with E-state index in [0.717, 1.165) is 12.3 Å². The molecule has 0 aliphatic rings. The third-order valence-electron chi connectivity index (χ3n) is 2.30. The van der Waals surface area contributed by atoms with Gasteiger partial charge in [0.25, 0.3) is 0 Å². The highest BCUT2D eigenvalue weighted by Gasteiger charge is 2.08. The number of rotatable bonds is 5. The van der Waals surface area contributed by atoms with Gasteiger partial charge in [-0.15, -0.1) is 11.8 Å². The smallest absolute Gasteiger partial charge is 0.0210 e. The Morgan fingerprint density at radius 2 is 2.06 bits per heavy atom. The van der Waals surface area contributed by atoms with Crippen molar-refractivity contribution < 1.29 is 0 Å². The molecular formula is C15H23NS. The van der Waals surface area contributed by atoms with E-state index in [1.165, 1.54) is 10.5 Å². The van der Waals surface area contributed by atoms with Crippen molar-refractivity contribution >= 4 is 11.8 Å². The summed E-state index contributed by atoms with van der Waals surface area (Å²) in [5.41, 5.74) is 1.53. The van der Waals surface area contributed by atoms with Gasteiger partial charge in [0.2, 0.25) is 0 Å². The molecule has 0 unspecified atom stereocenters. The van der Waals surface area contributed by atoms with Crippen LogP contribution in [0.15, 0.2) is 41.3 Å². The lowest BCUT2D eigenvalue weighted by atomic mass is 10.1. The Labute approximate surface area is 110 Å². The molecule has 0 aliphatic heterocycles. The van der Waals surface area contributed by atoms with Gasteiger partial charge < -0.3 is 5.32 Å². The van der Waals surface area contributed by atoms with Crippen LogP contribution in [0.4, 0.5) is 0 Å². The molecule has 0 aliphatic carbocycles. The molecule has 0 spiro atoms. The summed E-state index contributed by atoms with van der Waals surface area (Å²) in [6.45, 7) is 9.57. The van der Waals surface area contributed by atoms with Gasteiger partial charge >= 0.3 is 0 Å². The molecule has 1 aromatic carbocycles. The van der Waals surface area contributed by atoms with Crippen molar-refractivity contribution in [2.45, 2.75) is 44.7 Å². The molecule has 1 nitrogen and oxygen atoms in total. The third kappa shape index (κ3) is 6.54. The Morgan fingerprint density at radius 1 is 1.29 bits per heavy atom. The molecule has 0 saturated carbocycles. The highest BCUT2D eigenvalue weighted by molar-refractivity contribution is 7.99. The second-order valence-corrected chi connectivity index (χ2v) is 6.22. The second-order valence-electron chi connectivity index (χ2n) is 5.13. The van der Waals surface area contributed by atoms with Gasteiger partial charge in [-0.05, 0) is 45.4 Å². The molecule has 94 valence electrons. The lowest BCUT2D eigenvalue weighted by molar-refractivity contribution is 0.424. The van der Waals surface area contributed by atoms with Crippen LogP contribution in [0.25, 0.3) is 0 Å². The predicted octanol–water partition coefficient (Wildman–Crippen LogP) is 4.24. The quantitative estimate of drug-likeness (QED) is 0.618. The van der Waals surface area contributed by atoms with Crippen LogP contribution in [0.1, 0.15) is 33.3 Å². The van der Waals surface area contributed by atoms with Gasteiger partial charge in [0.1, 0.15) is 0 Å². The van der Waals surface area contributed by atoms with Gasteiger partial charge in [0.05, 0.1) is 0 Å². The van der Waals surface area contributed by atoms with E-state index in [1.807, 2.05) is 11.8 Å². The van der Waals surface area contributed by atoms with E-state index in [1.54, 1.807) is 0 Å². The van der Waals surface area contributed by atoms with Crippen molar-refractivity contribution in [1.29, 1.82) is 0 Å². The number of allylic oxidation sites excluding steroid dienone is 1. The Morgan fingerprint density at radius 3 is 2.71 bits per heavy atom. The average molecular weight is 249 g/mol. The van der Waals surface area contributed by atoms with Crippen LogP contribution >= 0.6 is 11.8 Å². The summed E-state index contributed by atoms with van der Waals surface area (Å²) in [6.07, 6.45) is 4.28. The first kappa shape index (κ1) is 14.3. The number of hydrogen-bond acceptors (Lipinski definition) is 2. The van der Waals surface area contributed by atoms with Crippen molar-refractivity contribution in [1.82, 2.24) is 5.32 Å². The lowest BCUT2D eigenvalue weighted by Gasteiger charge is -2.20. The molecule has 0 amide bonds. The van der Waals surface area contributed by atoms with Crippen molar-refractivity contribution in [3.63, 3.8) is 0 Å². The molecule has 17 heavy (non-hydrogen) atoms. The second kappa shape index (κ2) is 6.87. The topological polar surface area (TPSA) is 12.0 Å². The fourth-order valence-electron chi connectivity index (χ4n) is 1.35. The minimum atomic E-state index is 0.175. The molecule has 0 saturated heterocycles. The molecule has 0 fully saturated rings. The van der Waals surface area contributed by atoms with Crippen molar-refractivity contribution in [3.8, 4) is 0 Å². The minimum absolute atomic E-state index is 0.175. The summed E-state index contributed by atoms with van der Waals surface area (Å²) in [5, 5.41) is 3.51. The summed E-state index contributed by atoms with van der Waals surface area (Å²) in [4.78, 5) is 1.34. The molecule has 0 bridgehead atoms. The standard InChI is InChI=1S/C15H23NS/c1-5-6-10-17-14-9-7-8-13(11-14)12-16-15(2,3)4/h5-9,11,16H,10,12H2,1-4H3. The zero-order valence-electron chi connectivity index (χ0n) is 11.3. The van der Waals surface area contributed by atoms with Gasteiger partial charge in [0.15, 0.2) is 0 Å². The fourth-order valence-corrected chi connectivity index (χ4v) is 2.24. The van der Waals surface area contributed by atoms with E-state index in [0.29, 0.717) is 0 Å². The zero-order chi connectivity index (χ0) is 12.7. The first-order valence-electron chi connectivity index (χ1n) is 6.09. The molecular weight excluding hydrogens is 226 g/mol. The van der Waals surface area contributed by atoms with Crippen LogP contribution in [0.3, 0.4) is 0 Å². The summed E-state index contributed by atoms with van der Waals surface area (Å²) < 4.78 is 0. The normalized spacial score (nSPS) is 12.2. The Kier molecular flexibility index (Phi) is 5.79. The predicted molar refractivity (Wildman–Crippen MR) is 78.6 cm³/mol. The summed E-state index contributed by atoms with van der Waals surface area (Å²) >= 11 is 1.88. The first-order chi connectivity index (χ1) is 8.01. The zero-order valence-corrected chi connectivity index (χ0v) is 12.1. The van der Waals surface area contributed by atoms with Crippen LogP contribution < -0.4 is 5.32 Å². The Balaban J connectivity index is 2.53. The minimum Gasteiger partial charge on any atom is -0.308 e. The number of thioether (sulfide) groups is 1. The molecule has 1 aromatic rings. The van der Waals surface area contributed by atoms with E-state index in [9.17, 15) is 0 Å². The summed E-state index contributed by atoms with van der Waals surface area (Å²) in [5.74, 6) is 1.05. The van der Waals surface area contributed by atoms with Gasteiger partial charge in [-0.3, -0.25) is 0 Å². The molecule has 0 radical (unpaired) electrons. The van der Waals surface area contributed by atoms with E-state index in [4.69, 9.17) is 0 Å². The van der Waals surface area contributed by atoms with E-state index >= 15 is 0 Å². The van der Waals surface area contributed by atoms with Gasteiger partial charge in [-0.2, -0.15) is 0 Å². The van der Waals surface area contributed by atoms with Crippen molar-refractivity contribution in [2.75, 3.05) is 5.75 Å². The van der Waals surface area contributed by atoms with Crippen molar-refractivity contribution in [2.24, 2.45) is 0 Å². The maximum atomic E-state index is 3.51. The highest BCUT2D eigenvalue weighted by atomic mass is 32.2. The Bertz CT molecular complexity index is 363. The van der Waals surface area contributed by atoms with Gasteiger partial charge in [-0.1, -0.05) is 24.3 Å². The van der Waals surface area contributed by atoms with Gasteiger partial charge in [-0.25, -0.2) is 0 Å². The van der Waals surface area contributed by atoms with Crippen LogP contribution in [-0.2, 0) is 6.54 Å². The largest absolute Gasteiger partial charge is 0.308 e. The lowest BCUT2D eigenvalue weighted by Crippen LogP contribution is -2.35. The van der Waals surface area contributed by atoms with Gasteiger partial charge in [0, 0.05) is 22.7 Å². The molecule has 1 rings (SSSR count). The monoisotopic (exact) mass is 249 g/mol. The maximum Gasteiger partial charge on any atom is 0.0210 e. The molecule has 0 aromatic heterocycles. The summed E-state index contributed by atoms with van der Waals surface area (Å²) in [7, 11) is 0. The van der Waals surface area contributed by atoms with E-state index in [2.05, 4.69) is 69.4 Å². The summed E-state index contributed by atoms with van der Waals surface area (Å²) in [6, 6.07) is 8.76. The number of benzene rings is 1. The molecule has 2 heteroatoms. The first-order valence-corrected chi connectivity index (χ1v) is 7.08. The highest BCUT2D eigenvalue weighted by Crippen LogP contribution is 2.19. The molecule has 0 atom stereocenters. The van der Waals surface area contributed by atoms with Crippen LogP contribution in [-0.4, -0.2) is 11.3 Å². The van der Waals surface area contributed by atoms with Crippen LogP contribution in [0.2, 0.25) is 0 Å². The van der Waals surface area contributed by atoms with Crippen LogP contribution in [0, 0.1) is 0 Å². The SMILES string of the molecule is CC=CCSc1cccc(CNC(C)(C)C)c1. The van der Waals surface area contributed by atoms with E-state index < -0.39 is 0 Å². The van der Waals surface area contributed by atoms with Crippen LogP contribution in [0.5, 0.6) is 0 Å². The maximum absolute atomic E-state index is 3.51. The fraction of sp³-hybridized carbons (Fsp3) is 0.467. The number of nitrogens with one attached hydrogen (secondary N) is 1. The Hall–Kier alpha value is -0.730. The van der Waals surface area contributed by atoms with Crippen molar-refractivity contribution in [3.05, 3.63) is 42.0 Å². The third-order valence-corrected chi connectivity index (χ3v) is 3.25.